The van der Waals surface area contributed by atoms with Crippen molar-refractivity contribution in [1.82, 2.24) is 5.48 Å². The lowest BCUT2D eigenvalue weighted by molar-refractivity contribution is 0.0494. The molecule has 1 rings (SSSR count). The van der Waals surface area contributed by atoms with E-state index in [9.17, 15) is 4.79 Å². The third-order valence-corrected chi connectivity index (χ3v) is 1.60. The van der Waals surface area contributed by atoms with Crippen molar-refractivity contribution < 1.29 is 9.63 Å². The molecule has 0 saturated carbocycles. The van der Waals surface area contributed by atoms with Gasteiger partial charge in [0.2, 0.25) is 0 Å². The fourth-order valence-corrected chi connectivity index (χ4v) is 0.885. The molecule has 82 valence electrons. The molecule has 1 aromatic rings. The average molecular weight is 229 g/mol. The Hall–Kier alpha value is -1.32. The van der Waals surface area contributed by atoms with E-state index in [2.05, 4.69) is 5.48 Å². The highest BCUT2D eigenvalue weighted by Gasteiger charge is 1.94. The molecule has 0 unspecified atom stereocenters. The minimum Gasteiger partial charge on any atom is -0.325 e. The normalized spacial score (nSPS) is 8.60. The van der Waals surface area contributed by atoms with E-state index in [0.717, 1.165) is 5.56 Å². The zero-order valence-electron chi connectivity index (χ0n) is 8.10. The second-order valence-electron chi connectivity index (χ2n) is 2.66. The van der Waals surface area contributed by atoms with Gasteiger partial charge < -0.3 is 5.73 Å². The summed E-state index contributed by atoms with van der Waals surface area (Å²) in [5.41, 5.74) is 8.88. The van der Waals surface area contributed by atoms with Gasteiger partial charge in [0.05, 0.1) is 6.61 Å². The summed E-state index contributed by atoms with van der Waals surface area (Å²) in [4.78, 5) is 15.2. The van der Waals surface area contributed by atoms with Crippen LogP contribution >= 0.6 is 12.4 Å². The molecule has 1 aromatic carbocycles. The molecule has 0 atom stereocenters. The van der Waals surface area contributed by atoms with Gasteiger partial charge in [0.15, 0.2) is 0 Å². The molecule has 0 aromatic heterocycles. The smallest absolute Gasteiger partial charge is 0.149 e. The number of nitrogens with one attached hydrogen (secondary N) is 1. The maximum atomic E-state index is 10.2. The molecule has 15 heavy (non-hydrogen) atoms. The Balaban J connectivity index is 0.00000196. The van der Waals surface area contributed by atoms with Gasteiger partial charge in [0, 0.05) is 6.54 Å². The van der Waals surface area contributed by atoms with Crippen LogP contribution in [0.15, 0.2) is 36.0 Å². The Morgan fingerprint density at radius 3 is 2.60 bits per heavy atom. The van der Waals surface area contributed by atoms with Crippen LogP contribution in [0.1, 0.15) is 5.56 Å². The van der Waals surface area contributed by atoms with Crippen molar-refractivity contribution in [2.45, 2.75) is 6.61 Å². The maximum Gasteiger partial charge on any atom is 0.149 e. The maximum absolute atomic E-state index is 10.2. The summed E-state index contributed by atoms with van der Waals surface area (Å²) in [5.74, 6) is 1.64. The van der Waals surface area contributed by atoms with Crippen LogP contribution in [0.2, 0.25) is 0 Å². The van der Waals surface area contributed by atoms with E-state index in [1.165, 1.54) is 0 Å². The number of nitrogens with two attached hydrogens (primary N) is 1. The van der Waals surface area contributed by atoms with E-state index >= 15 is 0 Å². The number of carbonyl (C=O) groups excluding carboxylic acids is 1. The van der Waals surface area contributed by atoms with Crippen LogP contribution in [0.4, 0.5) is 0 Å². The van der Waals surface area contributed by atoms with Gasteiger partial charge in [-0.1, -0.05) is 30.3 Å². The largest absolute Gasteiger partial charge is 0.325 e. The first-order valence-electron chi connectivity index (χ1n) is 4.22. The van der Waals surface area contributed by atoms with Gasteiger partial charge in [-0.3, -0.25) is 10.3 Å². The van der Waals surface area contributed by atoms with Crippen LogP contribution < -0.4 is 11.2 Å². The molecule has 0 fully saturated rings. The van der Waals surface area contributed by atoms with Crippen LogP contribution in [-0.4, -0.2) is 12.5 Å². The van der Waals surface area contributed by atoms with E-state index in [4.69, 9.17) is 10.6 Å². The first kappa shape index (κ1) is 13.7. The monoisotopic (exact) mass is 228 g/mol. The van der Waals surface area contributed by atoms with Crippen LogP contribution in [0.5, 0.6) is 0 Å². The molecule has 0 aliphatic heterocycles. The number of hydrogen-bond donors (Lipinski definition) is 2. The Kier molecular flexibility index (Phi) is 7.32. The first-order chi connectivity index (χ1) is 6.86. The third kappa shape index (κ3) is 5.20. The molecule has 4 nitrogen and oxygen atoms in total. The van der Waals surface area contributed by atoms with E-state index < -0.39 is 0 Å². The predicted molar refractivity (Wildman–Crippen MR) is 59.9 cm³/mol. The summed E-state index contributed by atoms with van der Waals surface area (Å²) in [7, 11) is 0. The number of benzene rings is 1. The molecule has 0 heterocycles. The van der Waals surface area contributed by atoms with Crippen LogP contribution in [0.3, 0.4) is 0 Å². The van der Waals surface area contributed by atoms with Gasteiger partial charge in [-0.25, -0.2) is 4.79 Å². The summed E-state index contributed by atoms with van der Waals surface area (Å²) in [6.07, 6.45) is 0. The van der Waals surface area contributed by atoms with Crippen molar-refractivity contribution in [1.29, 1.82) is 0 Å². The Morgan fingerprint density at radius 2 is 2.07 bits per heavy atom. The Bertz CT molecular complexity index is 323. The Morgan fingerprint density at radius 1 is 1.40 bits per heavy atom. The average Bonchev–Trinajstić information content (AvgIpc) is 2.26. The lowest BCUT2D eigenvalue weighted by atomic mass is 10.2. The number of rotatable bonds is 5. The van der Waals surface area contributed by atoms with Gasteiger partial charge in [-0.2, -0.15) is 0 Å². The van der Waals surface area contributed by atoms with Gasteiger partial charge in [0.1, 0.15) is 11.6 Å². The lowest BCUT2D eigenvalue weighted by Gasteiger charge is -2.05. The molecule has 0 radical (unpaired) electrons. The summed E-state index contributed by atoms with van der Waals surface area (Å²) in [5, 5.41) is 0. The minimum absolute atomic E-state index is 0. The van der Waals surface area contributed by atoms with Gasteiger partial charge in [-0.05, 0) is 5.56 Å². The molecule has 0 amide bonds. The highest BCUT2D eigenvalue weighted by molar-refractivity contribution is 5.85. The summed E-state index contributed by atoms with van der Waals surface area (Å²) < 4.78 is 0. The molecule has 0 bridgehead atoms. The van der Waals surface area contributed by atoms with Crippen LogP contribution in [0.25, 0.3) is 0 Å². The molecular formula is C10H13ClN2O2. The van der Waals surface area contributed by atoms with Gasteiger partial charge in [0.25, 0.3) is 0 Å². The first-order valence-corrected chi connectivity index (χ1v) is 4.22. The second kappa shape index (κ2) is 8.03. The van der Waals surface area contributed by atoms with Crippen molar-refractivity contribution in [3.8, 4) is 0 Å². The highest BCUT2D eigenvalue weighted by atomic mass is 35.5. The zero-order chi connectivity index (χ0) is 10.2. The molecular weight excluding hydrogens is 216 g/mol. The molecule has 5 heteroatoms. The number of hydroxylamine groups is 1. The summed E-state index contributed by atoms with van der Waals surface area (Å²) in [6.45, 7) is 0.476. The number of hydrogen-bond acceptors (Lipinski definition) is 4. The topological polar surface area (TPSA) is 64.4 Å². The van der Waals surface area contributed by atoms with Crippen molar-refractivity contribution in [2.24, 2.45) is 5.73 Å². The molecule has 0 aliphatic carbocycles. The van der Waals surface area contributed by atoms with Crippen molar-refractivity contribution >= 4 is 18.3 Å². The van der Waals surface area contributed by atoms with E-state index in [1.54, 1.807) is 5.94 Å². The fraction of sp³-hybridized carbons (Fsp3) is 0.200. The molecule has 3 N–H and O–H groups in total. The van der Waals surface area contributed by atoms with E-state index in [1.807, 2.05) is 30.3 Å². The van der Waals surface area contributed by atoms with E-state index in [0.29, 0.717) is 6.61 Å². The molecule has 0 saturated heterocycles. The highest BCUT2D eigenvalue weighted by Crippen LogP contribution is 1.99. The predicted octanol–water partition coefficient (Wildman–Crippen LogP) is 0.804. The van der Waals surface area contributed by atoms with Gasteiger partial charge in [-0.15, -0.1) is 12.4 Å². The molecule has 0 aliphatic rings. The number of halogens is 1. The van der Waals surface area contributed by atoms with Gasteiger partial charge >= 0.3 is 0 Å². The Labute approximate surface area is 94.5 Å². The lowest BCUT2D eigenvalue weighted by Crippen LogP contribution is -2.21. The van der Waals surface area contributed by atoms with Crippen LogP contribution in [-0.2, 0) is 16.2 Å². The fourth-order valence-electron chi connectivity index (χ4n) is 0.885. The quantitative estimate of drug-likeness (QED) is 0.578. The van der Waals surface area contributed by atoms with Crippen LogP contribution in [0, 0.1) is 0 Å². The zero-order valence-corrected chi connectivity index (χ0v) is 8.92. The summed E-state index contributed by atoms with van der Waals surface area (Å²) in [6, 6.07) is 9.60. The molecule has 0 spiro atoms. The minimum atomic E-state index is 0. The summed E-state index contributed by atoms with van der Waals surface area (Å²) >= 11 is 0. The second-order valence-corrected chi connectivity index (χ2v) is 2.66. The standard InChI is InChI=1S/C10H12N2O2.ClH/c11-6-10(7-13)12-14-8-9-4-2-1-3-5-9;/h1-5,12H,6,8,11H2;1H. The van der Waals surface area contributed by atoms with Crippen molar-refractivity contribution in [3.63, 3.8) is 0 Å². The van der Waals surface area contributed by atoms with Crippen molar-refractivity contribution in [3.05, 3.63) is 41.6 Å². The SMILES string of the molecule is Cl.NCC(=C=O)NOCc1ccccc1. The third-order valence-electron chi connectivity index (χ3n) is 1.60. The van der Waals surface area contributed by atoms with Crippen molar-refractivity contribution in [2.75, 3.05) is 6.54 Å². The van der Waals surface area contributed by atoms with E-state index in [-0.39, 0.29) is 24.6 Å².